The molecule has 0 aliphatic carbocycles. The molecule has 21 heavy (non-hydrogen) atoms. The predicted molar refractivity (Wildman–Crippen MR) is 82.2 cm³/mol. The molecule has 0 aliphatic heterocycles. The van der Waals surface area contributed by atoms with Crippen LogP contribution in [0.2, 0.25) is 0 Å². The van der Waals surface area contributed by atoms with Gasteiger partial charge in [0.05, 0.1) is 11.1 Å². The largest absolute Gasteiger partial charge is 0.300 e. The zero-order valence-corrected chi connectivity index (χ0v) is 11.6. The Morgan fingerprint density at radius 1 is 1.05 bits per heavy atom. The SMILES string of the molecule is CC(=O)Cc1ccc(-c2n[nH]c(=O)c3ccccc23)cc1. The summed E-state index contributed by atoms with van der Waals surface area (Å²) in [5, 5.41) is 8.13. The van der Waals surface area contributed by atoms with Crippen molar-refractivity contribution in [2.24, 2.45) is 0 Å². The first-order valence-electron chi connectivity index (χ1n) is 6.71. The number of aromatic nitrogens is 2. The van der Waals surface area contributed by atoms with Crippen LogP contribution in [0.25, 0.3) is 22.0 Å². The fourth-order valence-corrected chi connectivity index (χ4v) is 2.40. The number of nitrogens with zero attached hydrogens (tertiary/aromatic N) is 1. The fourth-order valence-electron chi connectivity index (χ4n) is 2.40. The molecule has 3 rings (SSSR count). The normalized spacial score (nSPS) is 10.7. The van der Waals surface area contributed by atoms with E-state index < -0.39 is 0 Å². The van der Waals surface area contributed by atoms with Crippen LogP contribution in [-0.2, 0) is 11.2 Å². The van der Waals surface area contributed by atoms with Gasteiger partial charge in [-0.3, -0.25) is 9.59 Å². The Morgan fingerprint density at radius 3 is 2.38 bits per heavy atom. The van der Waals surface area contributed by atoms with Crippen molar-refractivity contribution in [2.45, 2.75) is 13.3 Å². The van der Waals surface area contributed by atoms with E-state index in [1.165, 1.54) is 0 Å². The van der Waals surface area contributed by atoms with Crippen molar-refractivity contribution >= 4 is 16.6 Å². The van der Waals surface area contributed by atoms with Crippen molar-refractivity contribution in [1.82, 2.24) is 10.2 Å². The van der Waals surface area contributed by atoms with Crippen LogP contribution in [-0.4, -0.2) is 16.0 Å². The lowest BCUT2D eigenvalue weighted by Crippen LogP contribution is -2.09. The van der Waals surface area contributed by atoms with Gasteiger partial charge in [0.2, 0.25) is 0 Å². The number of hydrogen-bond donors (Lipinski definition) is 1. The molecule has 4 heteroatoms. The number of Topliss-reactive ketones (excluding diaryl/α,β-unsaturated/α-hetero) is 1. The zero-order valence-electron chi connectivity index (χ0n) is 11.6. The topological polar surface area (TPSA) is 62.8 Å². The van der Waals surface area contributed by atoms with E-state index in [0.29, 0.717) is 11.8 Å². The zero-order chi connectivity index (χ0) is 14.8. The first-order chi connectivity index (χ1) is 10.1. The third-order valence-electron chi connectivity index (χ3n) is 3.38. The van der Waals surface area contributed by atoms with Crippen LogP contribution in [0, 0.1) is 0 Å². The number of aromatic amines is 1. The van der Waals surface area contributed by atoms with Gasteiger partial charge in [-0.25, -0.2) is 5.10 Å². The molecule has 0 saturated heterocycles. The van der Waals surface area contributed by atoms with Crippen LogP contribution in [0.1, 0.15) is 12.5 Å². The van der Waals surface area contributed by atoms with Crippen molar-refractivity contribution < 1.29 is 4.79 Å². The Morgan fingerprint density at radius 2 is 1.71 bits per heavy atom. The summed E-state index contributed by atoms with van der Waals surface area (Å²) in [6.45, 7) is 1.57. The highest BCUT2D eigenvalue weighted by Gasteiger charge is 2.08. The second-order valence-corrected chi connectivity index (χ2v) is 5.02. The molecule has 1 aromatic heterocycles. The summed E-state index contributed by atoms with van der Waals surface area (Å²) in [5.74, 6) is 0.135. The minimum absolute atomic E-state index is 0.135. The summed E-state index contributed by atoms with van der Waals surface area (Å²) in [4.78, 5) is 22.9. The highest BCUT2D eigenvalue weighted by Crippen LogP contribution is 2.24. The maximum atomic E-state index is 11.8. The van der Waals surface area contributed by atoms with Gasteiger partial charge in [0.15, 0.2) is 0 Å². The van der Waals surface area contributed by atoms with Gasteiger partial charge in [-0.2, -0.15) is 5.10 Å². The monoisotopic (exact) mass is 278 g/mol. The number of nitrogens with one attached hydrogen (secondary N) is 1. The Hall–Kier alpha value is -2.75. The lowest BCUT2D eigenvalue weighted by atomic mass is 10.0. The standard InChI is InChI=1S/C17H14N2O2/c1-11(20)10-12-6-8-13(9-7-12)16-14-4-2-3-5-15(14)17(21)19-18-16/h2-9H,10H2,1H3,(H,19,21). The van der Waals surface area contributed by atoms with Crippen molar-refractivity contribution in [3.63, 3.8) is 0 Å². The lowest BCUT2D eigenvalue weighted by Gasteiger charge is -2.06. The van der Waals surface area contributed by atoms with Gasteiger partial charge in [-0.05, 0) is 18.6 Å². The molecule has 0 fully saturated rings. The van der Waals surface area contributed by atoms with E-state index in [2.05, 4.69) is 10.2 Å². The Kier molecular flexibility index (Phi) is 3.36. The van der Waals surface area contributed by atoms with Crippen molar-refractivity contribution in [3.8, 4) is 11.3 Å². The van der Waals surface area contributed by atoms with Crippen molar-refractivity contribution in [2.75, 3.05) is 0 Å². The van der Waals surface area contributed by atoms with Crippen LogP contribution >= 0.6 is 0 Å². The lowest BCUT2D eigenvalue weighted by molar-refractivity contribution is -0.116. The van der Waals surface area contributed by atoms with Crippen LogP contribution in [0.5, 0.6) is 0 Å². The Labute approximate surface area is 121 Å². The molecule has 1 N–H and O–H groups in total. The highest BCUT2D eigenvalue weighted by molar-refractivity contribution is 5.93. The molecule has 0 bridgehead atoms. The van der Waals surface area contributed by atoms with Gasteiger partial charge in [0.25, 0.3) is 5.56 Å². The molecule has 0 spiro atoms. The third kappa shape index (κ3) is 2.60. The van der Waals surface area contributed by atoms with Crippen LogP contribution in [0.15, 0.2) is 53.3 Å². The summed E-state index contributed by atoms with van der Waals surface area (Å²) in [6, 6.07) is 15.1. The first-order valence-corrected chi connectivity index (χ1v) is 6.71. The number of H-pyrrole nitrogens is 1. The molecule has 0 amide bonds. The van der Waals surface area contributed by atoms with Gasteiger partial charge in [-0.1, -0.05) is 42.5 Å². The summed E-state index contributed by atoms with van der Waals surface area (Å²) < 4.78 is 0. The van der Waals surface area contributed by atoms with E-state index in [1.54, 1.807) is 13.0 Å². The van der Waals surface area contributed by atoms with Crippen molar-refractivity contribution in [1.29, 1.82) is 0 Å². The molecule has 1 heterocycles. The van der Waals surface area contributed by atoms with Crippen LogP contribution in [0.4, 0.5) is 0 Å². The highest BCUT2D eigenvalue weighted by atomic mass is 16.1. The molecule has 3 aromatic rings. The van der Waals surface area contributed by atoms with E-state index in [9.17, 15) is 9.59 Å². The second kappa shape index (κ2) is 5.32. The Balaban J connectivity index is 2.10. The smallest absolute Gasteiger partial charge is 0.272 e. The Bertz CT molecular complexity index is 864. The molecule has 0 saturated carbocycles. The molecule has 0 aliphatic rings. The summed E-state index contributed by atoms with van der Waals surface area (Å²) in [6.07, 6.45) is 0.431. The van der Waals surface area contributed by atoms with Gasteiger partial charge >= 0.3 is 0 Å². The number of benzene rings is 2. The minimum atomic E-state index is -0.192. The number of carbonyl (C=O) groups excluding carboxylic acids is 1. The molecular weight excluding hydrogens is 264 g/mol. The molecule has 0 atom stereocenters. The molecule has 0 unspecified atom stereocenters. The maximum absolute atomic E-state index is 11.8. The number of rotatable bonds is 3. The van der Waals surface area contributed by atoms with E-state index >= 15 is 0 Å². The molecule has 2 aromatic carbocycles. The maximum Gasteiger partial charge on any atom is 0.272 e. The number of ketones is 1. The van der Waals surface area contributed by atoms with Gasteiger partial charge in [0, 0.05) is 17.4 Å². The fraction of sp³-hybridized carbons (Fsp3) is 0.118. The minimum Gasteiger partial charge on any atom is -0.300 e. The molecule has 4 nitrogen and oxygen atoms in total. The van der Waals surface area contributed by atoms with Gasteiger partial charge < -0.3 is 0 Å². The van der Waals surface area contributed by atoms with Gasteiger partial charge in [-0.15, -0.1) is 0 Å². The van der Waals surface area contributed by atoms with E-state index in [-0.39, 0.29) is 11.3 Å². The van der Waals surface area contributed by atoms with E-state index in [4.69, 9.17) is 0 Å². The summed E-state index contributed by atoms with van der Waals surface area (Å²) in [7, 11) is 0. The average Bonchev–Trinajstić information content (AvgIpc) is 2.48. The molecular formula is C17H14N2O2. The second-order valence-electron chi connectivity index (χ2n) is 5.02. The molecule has 104 valence electrons. The van der Waals surface area contributed by atoms with Crippen molar-refractivity contribution in [3.05, 3.63) is 64.4 Å². The predicted octanol–water partition coefficient (Wildman–Crippen LogP) is 2.72. The summed E-state index contributed by atoms with van der Waals surface area (Å²) >= 11 is 0. The van der Waals surface area contributed by atoms with E-state index in [0.717, 1.165) is 22.2 Å². The summed E-state index contributed by atoms with van der Waals surface area (Å²) in [5.41, 5.74) is 2.43. The van der Waals surface area contributed by atoms with E-state index in [1.807, 2.05) is 42.5 Å². The molecule has 0 radical (unpaired) electrons. The van der Waals surface area contributed by atoms with Crippen LogP contribution < -0.4 is 5.56 Å². The third-order valence-corrected chi connectivity index (χ3v) is 3.38. The average molecular weight is 278 g/mol. The number of carbonyl (C=O) groups is 1. The van der Waals surface area contributed by atoms with Gasteiger partial charge in [0.1, 0.15) is 5.78 Å². The number of fused-ring (bicyclic) bond motifs is 1. The quantitative estimate of drug-likeness (QED) is 0.801. The first kappa shape index (κ1) is 13.2. The number of hydrogen-bond acceptors (Lipinski definition) is 3. The van der Waals surface area contributed by atoms with Crippen LogP contribution in [0.3, 0.4) is 0 Å².